The van der Waals surface area contributed by atoms with Crippen molar-refractivity contribution in [2.45, 2.75) is 26.4 Å². The maximum Gasteiger partial charge on any atom is 0.165 e. The summed E-state index contributed by atoms with van der Waals surface area (Å²) < 4.78 is 20.7. The third-order valence-electron chi connectivity index (χ3n) is 3.92. The molecule has 1 atom stereocenters. The maximum absolute atomic E-state index is 13.9. The van der Waals surface area contributed by atoms with E-state index in [0.29, 0.717) is 13.2 Å². The van der Waals surface area contributed by atoms with Gasteiger partial charge in [0.15, 0.2) is 11.6 Å². The molecule has 0 bridgehead atoms. The van der Waals surface area contributed by atoms with Gasteiger partial charge in [-0.25, -0.2) is 9.07 Å². The molecule has 0 aliphatic carbocycles. The number of halogens is 1. The van der Waals surface area contributed by atoms with Gasteiger partial charge in [-0.05, 0) is 59.7 Å². The highest BCUT2D eigenvalue weighted by Crippen LogP contribution is 2.20. The van der Waals surface area contributed by atoms with Crippen LogP contribution in [0.2, 0.25) is 0 Å². The van der Waals surface area contributed by atoms with E-state index in [1.807, 2.05) is 37.3 Å². The molecule has 0 amide bonds. The molecule has 6 nitrogen and oxygen atoms in total. The molecule has 2 aromatic carbocycles. The summed E-state index contributed by atoms with van der Waals surface area (Å²) in [5, 5.41) is 14.5. The molecule has 0 saturated carbocycles. The Morgan fingerprint density at radius 2 is 2.00 bits per heavy atom. The molecule has 0 aliphatic rings. The number of rotatable bonds is 7. The van der Waals surface area contributed by atoms with Gasteiger partial charge in [0.1, 0.15) is 6.33 Å². The Kier molecular flexibility index (Phi) is 5.35. The van der Waals surface area contributed by atoms with E-state index in [0.717, 1.165) is 16.8 Å². The summed E-state index contributed by atoms with van der Waals surface area (Å²) in [6, 6.07) is 13.1. The monoisotopic (exact) mass is 341 g/mol. The smallest absolute Gasteiger partial charge is 0.165 e. The summed E-state index contributed by atoms with van der Waals surface area (Å²) in [5.74, 6) is -0.0444. The van der Waals surface area contributed by atoms with Gasteiger partial charge in [-0.1, -0.05) is 18.2 Å². The first kappa shape index (κ1) is 17.0. The van der Waals surface area contributed by atoms with Crippen molar-refractivity contribution >= 4 is 0 Å². The fraction of sp³-hybridized carbons (Fsp3) is 0.278. The van der Waals surface area contributed by atoms with Crippen molar-refractivity contribution in [2.24, 2.45) is 0 Å². The molecule has 1 N–H and O–H groups in total. The van der Waals surface area contributed by atoms with Gasteiger partial charge in [0.2, 0.25) is 0 Å². The van der Waals surface area contributed by atoms with Gasteiger partial charge in [-0.15, -0.1) is 5.10 Å². The van der Waals surface area contributed by atoms with Crippen molar-refractivity contribution < 1.29 is 9.13 Å². The summed E-state index contributed by atoms with van der Waals surface area (Å²) in [5.41, 5.74) is 2.90. The van der Waals surface area contributed by atoms with Crippen molar-refractivity contribution in [2.75, 3.05) is 6.61 Å². The topological polar surface area (TPSA) is 64.9 Å². The minimum absolute atomic E-state index is 0.123. The molecule has 0 fully saturated rings. The van der Waals surface area contributed by atoms with E-state index >= 15 is 0 Å². The Labute approximate surface area is 145 Å². The zero-order valence-electron chi connectivity index (χ0n) is 14.2. The first-order valence-corrected chi connectivity index (χ1v) is 8.15. The number of nitrogens with zero attached hydrogens (tertiary/aromatic N) is 4. The molecule has 0 saturated heterocycles. The van der Waals surface area contributed by atoms with E-state index in [1.165, 1.54) is 6.07 Å². The predicted octanol–water partition coefficient (Wildman–Crippen LogP) is 3.05. The molecule has 7 heteroatoms. The van der Waals surface area contributed by atoms with Gasteiger partial charge in [-0.2, -0.15) is 0 Å². The Balaban J connectivity index is 1.60. The van der Waals surface area contributed by atoms with Crippen LogP contribution in [0.25, 0.3) is 5.69 Å². The molecule has 1 aromatic heterocycles. The van der Waals surface area contributed by atoms with Crippen LogP contribution in [0.4, 0.5) is 4.39 Å². The van der Waals surface area contributed by atoms with Gasteiger partial charge in [-0.3, -0.25) is 0 Å². The Hall–Kier alpha value is -2.80. The minimum Gasteiger partial charge on any atom is -0.491 e. The average Bonchev–Trinajstić information content (AvgIpc) is 3.17. The van der Waals surface area contributed by atoms with E-state index in [9.17, 15) is 4.39 Å². The predicted molar refractivity (Wildman–Crippen MR) is 92.0 cm³/mol. The van der Waals surface area contributed by atoms with Crippen molar-refractivity contribution in [1.82, 2.24) is 25.5 Å². The Morgan fingerprint density at radius 3 is 2.64 bits per heavy atom. The van der Waals surface area contributed by atoms with Crippen LogP contribution in [-0.4, -0.2) is 26.8 Å². The van der Waals surface area contributed by atoms with Gasteiger partial charge >= 0.3 is 0 Å². The van der Waals surface area contributed by atoms with E-state index in [4.69, 9.17) is 4.74 Å². The molecular weight excluding hydrogens is 321 g/mol. The summed E-state index contributed by atoms with van der Waals surface area (Å²) in [4.78, 5) is 0. The van der Waals surface area contributed by atoms with Crippen LogP contribution in [-0.2, 0) is 6.54 Å². The van der Waals surface area contributed by atoms with E-state index in [-0.39, 0.29) is 17.6 Å². The van der Waals surface area contributed by atoms with Crippen molar-refractivity contribution in [1.29, 1.82) is 0 Å². The van der Waals surface area contributed by atoms with Crippen LogP contribution >= 0.6 is 0 Å². The van der Waals surface area contributed by atoms with E-state index in [2.05, 4.69) is 27.8 Å². The summed E-state index contributed by atoms with van der Waals surface area (Å²) in [6.07, 6.45) is 1.55. The molecule has 130 valence electrons. The van der Waals surface area contributed by atoms with Gasteiger partial charge in [0.05, 0.1) is 12.3 Å². The number of hydrogen-bond donors (Lipinski definition) is 1. The highest BCUT2D eigenvalue weighted by atomic mass is 19.1. The average molecular weight is 341 g/mol. The lowest BCUT2D eigenvalue weighted by atomic mass is 10.1. The second-order valence-electron chi connectivity index (χ2n) is 5.65. The summed E-state index contributed by atoms with van der Waals surface area (Å²) >= 11 is 0. The van der Waals surface area contributed by atoms with Gasteiger partial charge in [0, 0.05) is 12.6 Å². The number of nitrogens with one attached hydrogen (secondary N) is 1. The lowest BCUT2D eigenvalue weighted by Gasteiger charge is -2.15. The molecule has 1 heterocycles. The number of aromatic nitrogens is 4. The third-order valence-corrected chi connectivity index (χ3v) is 3.92. The SMILES string of the molecule is CCOc1ccc(CN[C@@H](C)c2ccc(-n3cnnn3)cc2)cc1F. The fourth-order valence-corrected chi connectivity index (χ4v) is 2.51. The first-order chi connectivity index (χ1) is 12.2. The third kappa shape index (κ3) is 4.19. The molecule has 0 unspecified atom stereocenters. The second kappa shape index (κ2) is 7.85. The normalized spacial score (nSPS) is 12.1. The maximum atomic E-state index is 13.9. The minimum atomic E-state index is -0.334. The number of hydrogen-bond acceptors (Lipinski definition) is 5. The fourth-order valence-electron chi connectivity index (χ4n) is 2.51. The zero-order chi connectivity index (χ0) is 17.6. The largest absolute Gasteiger partial charge is 0.491 e. The quantitative estimate of drug-likeness (QED) is 0.715. The molecular formula is C18H20FN5O. The van der Waals surface area contributed by atoms with Crippen molar-refractivity contribution in [3.8, 4) is 11.4 Å². The van der Waals surface area contributed by atoms with E-state index < -0.39 is 0 Å². The second-order valence-corrected chi connectivity index (χ2v) is 5.65. The molecule has 3 aromatic rings. The summed E-state index contributed by atoms with van der Waals surface area (Å²) in [6.45, 7) is 4.92. The molecule has 3 rings (SSSR count). The Morgan fingerprint density at radius 1 is 1.20 bits per heavy atom. The van der Waals surface area contributed by atoms with Crippen LogP contribution in [0.15, 0.2) is 48.8 Å². The van der Waals surface area contributed by atoms with Crippen LogP contribution in [0.3, 0.4) is 0 Å². The van der Waals surface area contributed by atoms with Crippen molar-refractivity contribution in [3.05, 3.63) is 65.7 Å². The number of ether oxygens (including phenoxy) is 1. The van der Waals surface area contributed by atoms with Gasteiger partial charge in [0.25, 0.3) is 0 Å². The first-order valence-electron chi connectivity index (χ1n) is 8.15. The van der Waals surface area contributed by atoms with E-state index in [1.54, 1.807) is 17.1 Å². The van der Waals surface area contributed by atoms with Crippen LogP contribution in [0.1, 0.15) is 31.0 Å². The molecule has 25 heavy (non-hydrogen) atoms. The van der Waals surface area contributed by atoms with Crippen LogP contribution < -0.4 is 10.1 Å². The lowest BCUT2D eigenvalue weighted by molar-refractivity contribution is 0.321. The molecule has 0 aliphatic heterocycles. The summed E-state index contributed by atoms with van der Waals surface area (Å²) in [7, 11) is 0. The Bertz CT molecular complexity index is 805. The number of tetrazole rings is 1. The standard InChI is InChI=1S/C18H20FN5O/c1-3-25-18-9-4-14(10-17(18)19)11-20-13(2)15-5-7-16(8-6-15)24-12-21-22-23-24/h4-10,12-13,20H,3,11H2,1-2H3/t13-/m0/s1. The molecule has 0 spiro atoms. The van der Waals surface area contributed by atoms with Crippen LogP contribution in [0.5, 0.6) is 5.75 Å². The van der Waals surface area contributed by atoms with Crippen LogP contribution in [0, 0.1) is 5.82 Å². The highest BCUT2D eigenvalue weighted by molar-refractivity contribution is 5.34. The number of benzene rings is 2. The van der Waals surface area contributed by atoms with Gasteiger partial charge < -0.3 is 10.1 Å². The van der Waals surface area contributed by atoms with Crippen molar-refractivity contribution in [3.63, 3.8) is 0 Å². The highest BCUT2D eigenvalue weighted by Gasteiger charge is 2.08. The zero-order valence-corrected chi connectivity index (χ0v) is 14.2. The molecule has 0 radical (unpaired) electrons. The lowest BCUT2D eigenvalue weighted by Crippen LogP contribution is -2.18.